The van der Waals surface area contributed by atoms with Gasteiger partial charge in [-0.3, -0.25) is 0 Å². The molecule has 0 aliphatic heterocycles. The van der Waals surface area contributed by atoms with Gasteiger partial charge in [-0.2, -0.15) is 0 Å². The summed E-state index contributed by atoms with van der Waals surface area (Å²) in [5.74, 6) is 0. The zero-order chi connectivity index (χ0) is 7.61. The second-order valence-corrected chi connectivity index (χ2v) is 3.45. The number of hydrogen-bond acceptors (Lipinski definition) is 2. The lowest BCUT2D eigenvalue weighted by molar-refractivity contribution is -0.0144. The second-order valence-electron chi connectivity index (χ2n) is 3.45. The maximum absolute atomic E-state index is 9.82. The van der Waals surface area contributed by atoms with E-state index in [1.54, 1.807) is 0 Å². The Bertz CT molecular complexity index is 106. The van der Waals surface area contributed by atoms with Gasteiger partial charge in [0.25, 0.3) is 0 Å². The molecular formula is C8H17NO. The Hall–Kier alpha value is -0.0800. The summed E-state index contributed by atoms with van der Waals surface area (Å²) < 4.78 is 0. The first kappa shape index (κ1) is 8.02. The number of hydrogen-bond donors (Lipinski definition) is 2. The largest absolute Gasteiger partial charge is 0.388 e. The molecule has 60 valence electrons. The molecule has 1 aliphatic rings. The van der Waals surface area contributed by atoms with E-state index in [-0.39, 0.29) is 6.04 Å². The van der Waals surface area contributed by atoms with E-state index < -0.39 is 5.60 Å². The summed E-state index contributed by atoms with van der Waals surface area (Å²) in [7, 11) is 0. The predicted octanol–water partition coefficient (Wildman–Crippen LogP) is 1.03. The zero-order valence-electron chi connectivity index (χ0n) is 6.64. The van der Waals surface area contributed by atoms with Crippen LogP contribution < -0.4 is 5.73 Å². The van der Waals surface area contributed by atoms with Gasteiger partial charge in [0.15, 0.2) is 0 Å². The minimum atomic E-state index is -0.543. The Labute approximate surface area is 62.4 Å². The smallest absolute Gasteiger partial charge is 0.0795 e. The van der Waals surface area contributed by atoms with Gasteiger partial charge in [-0.15, -0.1) is 0 Å². The molecule has 1 fully saturated rings. The molecule has 0 bridgehead atoms. The van der Waals surface area contributed by atoms with E-state index in [1.165, 1.54) is 6.42 Å². The van der Waals surface area contributed by atoms with Gasteiger partial charge < -0.3 is 10.8 Å². The van der Waals surface area contributed by atoms with Crippen LogP contribution in [0.3, 0.4) is 0 Å². The molecule has 0 amide bonds. The summed E-state index contributed by atoms with van der Waals surface area (Å²) in [4.78, 5) is 0. The average molecular weight is 143 g/mol. The third-order valence-electron chi connectivity index (χ3n) is 2.57. The summed E-state index contributed by atoms with van der Waals surface area (Å²) in [6.45, 7) is 1.89. The molecule has 0 aromatic rings. The van der Waals surface area contributed by atoms with Crippen molar-refractivity contribution in [2.45, 2.75) is 50.7 Å². The van der Waals surface area contributed by atoms with Crippen molar-refractivity contribution in [3.63, 3.8) is 0 Å². The molecule has 1 saturated carbocycles. The van der Waals surface area contributed by atoms with Crippen molar-refractivity contribution >= 4 is 0 Å². The van der Waals surface area contributed by atoms with Gasteiger partial charge in [-0.1, -0.05) is 19.3 Å². The highest BCUT2D eigenvalue weighted by atomic mass is 16.3. The molecule has 1 atom stereocenters. The van der Waals surface area contributed by atoms with Crippen LogP contribution in [0.25, 0.3) is 0 Å². The van der Waals surface area contributed by atoms with Crippen LogP contribution in [0, 0.1) is 0 Å². The fraction of sp³-hybridized carbons (Fsp3) is 1.00. The Morgan fingerprint density at radius 1 is 1.30 bits per heavy atom. The summed E-state index contributed by atoms with van der Waals surface area (Å²) in [6.07, 6.45) is 5.32. The number of rotatable bonds is 1. The maximum atomic E-state index is 9.82. The van der Waals surface area contributed by atoms with Crippen molar-refractivity contribution in [2.24, 2.45) is 5.73 Å². The van der Waals surface area contributed by atoms with Crippen molar-refractivity contribution in [1.82, 2.24) is 0 Å². The first-order valence-electron chi connectivity index (χ1n) is 4.13. The van der Waals surface area contributed by atoms with Crippen LogP contribution in [0.2, 0.25) is 0 Å². The van der Waals surface area contributed by atoms with Gasteiger partial charge in [-0.25, -0.2) is 0 Å². The van der Waals surface area contributed by atoms with Gasteiger partial charge in [-0.05, 0) is 19.8 Å². The van der Waals surface area contributed by atoms with Crippen molar-refractivity contribution in [3.05, 3.63) is 0 Å². The molecule has 0 saturated heterocycles. The first-order chi connectivity index (χ1) is 4.65. The van der Waals surface area contributed by atoms with Gasteiger partial charge >= 0.3 is 0 Å². The van der Waals surface area contributed by atoms with E-state index in [4.69, 9.17) is 5.73 Å². The summed E-state index contributed by atoms with van der Waals surface area (Å²) in [5.41, 5.74) is 5.11. The van der Waals surface area contributed by atoms with Crippen LogP contribution >= 0.6 is 0 Å². The summed E-state index contributed by atoms with van der Waals surface area (Å²) in [5, 5.41) is 9.82. The van der Waals surface area contributed by atoms with Gasteiger partial charge in [0.1, 0.15) is 0 Å². The Kier molecular flexibility index (Phi) is 2.32. The minimum Gasteiger partial charge on any atom is -0.388 e. The molecule has 0 unspecified atom stereocenters. The van der Waals surface area contributed by atoms with Crippen molar-refractivity contribution in [2.75, 3.05) is 0 Å². The summed E-state index contributed by atoms with van der Waals surface area (Å²) >= 11 is 0. The van der Waals surface area contributed by atoms with E-state index in [0.29, 0.717) is 0 Å². The molecule has 0 radical (unpaired) electrons. The molecular weight excluding hydrogens is 126 g/mol. The zero-order valence-corrected chi connectivity index (χ0v) is 6.64. The lowest BCUT2D eigenvalue weighted by Crippen LogP contribution is -2.47. The van der Waals surface area contributed by atoms with Gasteiger partial charge in [0, 0.05) is 6.04 Å². The topological polar surface area (TPSA) is 46.2 Å². The molecule has 0 aromatic heterocycles. The van der Waals surface area contributed by atoms with E-state index in [2.05, 4.69) is 0 Å². The van der Waals surface area contributed by atoms with Crippen LogP contribution in [0.1, 0.15) is 39.0 Å². The predicted molar refractivity (Wildman–Crippen MR) is 41.7 cm³/mol. The van der Waals surface area contributed by atoms with Crippen molar-refractivity contribution in [3.8, 4) is 0 Å². The second kappa shape index (κ2) is 2.89. The molecule has 2 heteroatoms. The fourth-order valence-corrected chi connectivity index (χ4v) is 1.62. The normalized spacial score (nSPS) is 27.9. The highest BCUT2D eigenvalue weighted by Crippen LogP contribution is 2.29. The van der Waals surface area contributed by atoms with Crippen molar-refractivity contribution < 1.29 is 5.11 Å². The van der Waals surface area contributed by atoms with E-state index in [0.717, 1.165) is 25.7 Å². The molecule has 0 spiro atoms. The lowest BCUT2D eigenvalue weighted by atomic mass is 9.80. The third kappa shape index (κ3) is 1.50. The maximum Gasteiger partial charge on any atom is 0.0795 e. The Morgan fingerprint density at radius 3 is 2.10 bits per heavy atom. The molecule has 10 heavy (non-hydrogen) atoms. The highest BCUT2D eigenvalue weighted by Gasteiger charge is 2.32. The molecule has 2 nitrogen and oxygen atoms in total. The van der Waals surface area contributed by atoms with E-state index in [9.17, 15) is 5.11 Å². The summed E-state index contributed by atoms with van der Waals surface area (Å²) in [6, 6.07) is -0.0622. The van der Waals surface area contributed by atoms with Crippen molar-refractivity contribution in [1.29, 1.82) is 0 Å². The molecule has 1 rings (SSSR count). The van der Waals surface area contributed by atoms with E-state index >= 15 is 0 Å². The monoisotopic (exact) mass is 143 g/mol. The highest BCUT2D eigenvalue weighted by molar-refractivity contribution is 4.88. The van der Waals surface area contributed by atoms with Crippen LogP contribution in [0.4, 0.5) is 0 Å². The minimum absolute atomic E-state index is 0.0622. The number of aliphatic hydroxyl groups is 1. The van der Waals surface area contributed by atoms with Crippen LogP contribution in [-0.2, 0) is 0 Å². The molecule has 1 aliphatic carbocycles. The SMILES string of the molecule is C[C@H](N)C1(O)CCCCC1. The van der Waals surface area contributed by atoms with Gasteiger partial charge in [0.05, 0.1) is 5.60 Å². The van der Waals surface area contributed by atoms with Gasteiger partial charge in [0.2, 0.25) is 0 Å². The Morgan fingerprint density at radius 2 is 1.80 bits per heavy atom. The van der Waals surface area contributed by atoms with Crippen LogP contribution in [-0.4, -0.2) is 16.7 Å². The lowest BCUT2D eigenvalue weighted by Gasteiger charge is -2.35. The first-order valence-corrected chi connectivity index (χ1v) is 4.13. The fourth-order valence-electron chi connectivity index (χ4n) is 1.62. The standard InChI is InChI=1S/C8H17NO/c1-7(9)8(10)5-3-2-4-6-8/h7,10H,2-6,9H2,1H3/t7-/m0/s1. The Balaban J connectivity index is 2.48. The number of nitrogens with two attached hydrogens (primary N) is 1. The van der Waals surface area contributed by atoms with Crippen LogP contribution in [0.15, 0.2) is 0 Å². The molecule has 0 aromatic carbocycles. The quantitative estimate of drug-likeness (QED) is 0.576. The third-order valence-corrected chi connectivity index (χ3v) is 2.57. The molecule has 3 N–H and O–H groups in total. The van der Waals surface area contributed by atoms with Crippen LogP contribution in [0.5, 0.6) is 0 Å². The molecule has 0 heterocycles. The average Bonchev–Trinajstić information content (AvgIpc) is 1.89. The van der Waals surface area contributed by atoms with E-state index in [1.807, 2.05) is 6.92 Å².